The summed E-state index contributed by atoms with van der Waals surface area (Å²) < 4.78 is 30.6. The van der Waals surface area contributed by atoms with E-state index in [0.29, 0.717) is 3.70 Å². The van der Waals surface area contributed by atoms with Crippen molar-refractivity contribution in [1.29, 1.82) is 0 Å². The third-order valence-corrected chi connectivity index (χ3v) is 4.58. The van der Waals surface area contributed by atoms with Gasteiger partial charge in [0.25, 0.3) is 6.43 Å². The second-order valence-corrected chi connectivity index (χ2v) is 4.58. The Hall–Kier alpha value is -0.0600. The fourth-order valence-electron chi connectivity index (χ4n) is 0.963. The predicted molar refractivity (Wildman–Crippen MR) is 66.0 cm³/mol. The summed E-state index contributed by atoms with van der Waals surface area (Å²) >= 11 is 3.57. The van der Waals surface area contributed by atoms with Gasteiger partial charge < -0.3 is 4.74 Å². The molecular weight excluding hydrogens is 434 g/mol. The first-order chi connectivity index (χ1) is 6.99. The lowest BCUT2D eigenvalue weighted by Gasteiger charge is -2.09. The van der Waals surface area contributed by atoms with Gasteiger partial charge in [-0.25, -0.2) is 18.6 Å². The molecule has 15 heavy (non-hydrogen) atoms. The van der Waals surface area contributed by atoms with Crippen LogP contribution in [0.25, 0.3) is 0 Å². The number of hydrogen-bond acceptors (Lipinski definition) is 3. The smallest absolute Gasteiger partial charge is 0.339 e. The van der Waals surface area contributed by atoms with Crippen LogP contribution in [-0.2, 0) is 4.74 Å². The minimum atomic E-state index is -2.72. The molecule has 82 valence electrons. The predicted octanol–water partition coefficient (Wildman–Crippen LogP) is 3.02. The molecular formula is C8H5F2I2NO2. The Bertz CT molecular complexity index is 398. The molecule has 0 aliphatic heterocycles. The number of nitrogens with zero attached hydrogens (tertiary/aromatic N) is 1. The highest BCUT2D eigenvalue weighted by Gasteiger charge is 2.24. The van der Waals surface area contributed by atoms with Gasteiger partial charge in [-0.3, -0.25) is 0 Å². The summed E-state index contributed by atoms with van der Waals surface area (Å²) in [6.45, 7) is 0. The molecule has 0 bridgehead atoms. The lowest BCUT2D eigenvalue weighted by Crippen LogP contribution is -2.10. The van der Waals surface area contributed by atoms with E-state index in [1.807, 2.05) is 22.6 Å². The zero-order valence-electron chi connectivity index (χ0n) is 7.43. The van der Waals surface area contributed by atoms with E-state index in [1.165, 1.54) is 0 Å². The molecule has 0 aliphatic rings. The number of carbonyl (C=O) groups excluding carboxylic acids is 1. The van der Waals surface area contributed by atoms with Crippen molar-refractivity contribution < 1.29 is 18.3 Å². The van der Waals surface area contributed by atoms with Crippen LogP contribution in [0.15, 0.2) is 6.20 Å². The van der Waals surface area contributed by atoms with Gasteiger partial charge in [0.1, 0.15) is 3.70 Å². The van der Waals surface area contributed by atoms with Crippen molar-refractivity contribution in [2.75, 3.05) is 7.11 Å². The number of hydrogen-bond donors (Lipinski definition) is 0. The first kappa shape index (κ1) is 13.0. The highest BCUT2D eigenvalue weighted by atomic mass is 127. The van der Waals surface area contributed by atoms with Crippen molar-refractivity contribution in [3.05, 3.63) is 24.6 Å². The molecule has 0 spiro atoms. The number of rotatable bonds is 2. The van der Waals surface area contributed by atoms with Gasteiger partial charge in [0.05, 0.1) is 16.2 Å². The van der Waals surface area contributed by atoms with E-state index in [1.54, 1.807) is 22.6 Å². The molecule has 0 saturated heterocycles. The Kier molecular flexibility index (Phi) is 4.62. The molecule has 1 aromatic heterocycles. The highest BCUT2D eigenvalue weighted by Crippen LogP contribution is 2.30. The van der Waals surface area contributed by atoms with E-state index >= 15 is 0 Å². The van der Waals surface area contributed by atoms with Crippen molar-refractivity contribution in [2.24, 2.45) is 0 Å². The molecule has 0 N–H and O–H groups in total. The van der Waals surface area contributed by atoms with E-state index in [-0.39, 0.29) is 14.7 Å². The molecule has 3 nitrogen and oxygen atoms in total. The van der Waals surface area contributed by atoms with Crippen molar-refractivity contribution in [3.8, 4) is 0 Å². The van der Waals surface area contributed by atoms with Gasteiger partial charge in [-0.05, 0) is 45.2 Å². The van der Waals surface area contributed by atoms with Crippen LogP contribution in [0.3, 0.4) is 0 Å². The summed E-state index contributed by atoms with van der Waals surface area (Å²) in [5, 5.41) is 0. The number of pyridine rings is 1. The first-order valence-corrected chi connectivity index (χ1v) is 5.85. The lowest BCUT2D eigenvalue weighted by atomic mass is 10.1. The molecule has 1 rings (SSSR count). The fourth-order valence-corrected chi connectivity index (χ4v) is 2.06. The van der Waals surface area contributed by atoms with E-state index < -0.39 is 12.4 Å². The standard InChI is InChI=1S/C8H5F2I2NO2/c1-15-8(14)3-2-13-7(12)5(11)4(3)6(9)10/h2,6H,1H3. The Morgan fingerprint density at radius 1 is 1.53 bits per heavy atom. The molecule has 0 radical (unpaired) electrons. The van der Waals surface area contributed by atoms with Gasteiger partial charge in [0.15, 0.2) is 0 Å². The van der Waals surface area contributed by atoms with Gasteiger partial charge in [0, 0.05) is 11.8 Å². The van der Waals surface area contributed by atoms with Crippen LogP contribution in [-0.4, -0.2) is 18.1 Å². The average Bonchev–Trinajstić information content (AvgIpc) is 2.20. The van der Waals surface area contributed by atoms with Crippen LogP contribution in [0.5, 0.6) is 0 Å². The lowest BCUT2D eigenvalue weighted by molar-refractivity contribution is 0.0588. The quantitative estimate of drug-likeness (QED) is 0.405. The average molecular weight is 439 g/mol. The number of carbonyl (C=O) groups is 1. The van der Waals surface area contributed by atoms with Crippen LogP contribution < -0.4 is 0 Å². The van der Waals surface area contributed by atoms with Crippen molar-refractivity contribution in [1.82, 2.24) is 4.98 Å². The topological polar surface area (TPSA) is 39.2 Å². The van der Waals surface area contributed by atoms with Crippen molar-refractivity contribution in [3.63, 3.8) is 0 Å². The number of ether oxygens (including phenoxy) is 1. The number of aromatic nitrogens is 1. The number of alkyl halides is 2. The van der Waals surface area contributed by atoms with Crippen LogP contribution in [0.2, 0.25) is 0 Å². The largest absolute Gasteiger partial charge is 0.465 e. The third kappa shape index (κ3) is 2.74. The summed E-state index contributed by atoms with van der Waals surface area (Å²) in [4.78, 5) is 15.0. The second-order valence-electron chi connectivity index (χ2n) is 2.48. The third-order valence-electron chi connectivity index (χ3n) is 1.64. The van der Waals surface area contributed by atoms with E-state index in [4.69, 9.17) is 0 Å². The first-order valence-electron chi connectivity index (χ1n) is 3.69. The fraction of sp³-hybridized carbons (Fsp3) is 0.250. The Morgan fingerprint density at radius 2 is 2.13 bits per heavy atom. The van der Waals surface area contributed by atoms with Gasteiger partial charge in [-0.15, -0.1) is 0 Å². The zero-order chi connectivity index (χ0) is 11.6. The van der Waals surface area contributed by atoms with E-state index in [9.17, 15) is 13.6 Å². The van der Waals surface area contributed by atoms with Crippen molar-refractivity contribution in [2.45, 2.75) is 6.43 Å². The molecule has 0 fully saturated rings. The normalized spacial score (nSPS) is 10.5. The summed E-state index contributed by atoms with van der Waals surface area (Å²) in [5.74, 6) is -0.799. The second kappa shape index (κ2) is 5.32. The van der Waals surface area contributed by atoms with Gasteiger partial charge in [-0.1, -0.05) is 0 Å². The summed E-state index contributed by atoms with van der Waals surface area (Å²) in [6, 6.07) is 0. The van der Waals surface area contributed by atoms with Gasteiger partial charge in [0.2, 0.25) is 0 Å². The van der Waals surface area contributed by atoms with Crippen molar-refractivity contribution >= 4 is 51.2 Å². The molecule has 0 aliphatic carbocycles. The molecule has 0 unspecified atom stereocenters. The summed E-state index contributed by atoms with van der Waals surface area (Å²) in [6.07, 6.45) is -1.61. The van der Waals surface area contributed by atoms with Crippen LogP contribution in [0.1, 0.15) is 22.3 Å². The SMILES string of the molecule is COC(=O)c1cnc(I)c(I)c1C(F)F. The molecule has 0 aromatic carbocycles. The Morgan fingerprint density at radius 3 is 2.60 bits per heavy atom. The van der Waals surface area contributed by atoms with Crippen LogP contribution >= 0.6 is 45.2 Å². The minimum absolute atomic E-state index is 0.183. The molecule has 7 heteroatoms. The monoisotopic (exact) mass is 439 g/mol. The number of esters is 1. The Labute approximate surface area is 112 Å². The molecule has 1 aromatic rings. The van der Waals surface area contributed by atoms with Crippen LogP contribution in [0.4, 0.5) is 8.78 Å². The number of methoxy groups -OCH3 is 1. The van der Waals surface area contributed by atoms with Gasteiger partial charge in [-0.2, -0.15) is 0 Å². The summed E-state index contributed by atoms with van der Waals surface area (Å²) in [5.41, 5.74) is -0.501. The zero-order valence-corrected chi connectivity index (χ0v) is 11.7. The van der Waals surface area contributed by atoms with Gasteiger partial charge >= 0.3 is 5.97 Å². The number of halogens is 4. The molecule has 0 atom stereocenters. The molecule has 0 amide bonds. The maximum atomic E-state index is 12.7. The molecule has 1 heterocycles. The van der Waals surface area contributed by atoms with Crippen LogP contribution in [0, 0.1) is 7.27 Å². The highest BCUT2D eigenvalue weighted by molar-refractivity contribution is 14.1. The summed E-state index contributed by atoms with van der Waals surface area (Å²) in [7, 11) is 1.14. The van der Waals surface area contributed by atoms with E-state index in [2.05, 4.69) is 9.72 Å². The van der Waals surface area contributed by atoms with E-state index in [0.717, 1.165) is 13.3 Å². The maximum Gasteiger partial charge on any atom is 0.339 e. The Balaban J connectivity index is 3.40. The minimum Gasteiger partial charge on any atom is -0.465 e. The maximum absolute atomic E-state index is 12.7. The molecule has 0 saturated carbocycles.